The molecular weight excluding hydrogens is 440 g/mol. The number of hydrogen-bond donors (Lipinski definition) is 1. The molecule has 1 N–H and O–H groups in total. The number of carbonyl (C=O) groups excluding carboxylic acids is 2. The fourth-order valence-corrected chi connectivity index (χ4v) is 3.35. The highest BCUT2D eigenvalue weighted by Crippen LogP contribution is 2.27. The van der Waals surface area contributed by atoms with Crippen LogP contribution < -0.4 is 14.9 Å². The Kier molecular flexibility index (Phi) is 6.66. The van der Waals surface area contributed by atoms with Gasteiger partial charge in [0.1, 0.15) is 11.5 Å². The minimum atomic E-state index is -0.531. The molecule has 0 saturated carbocycles. The summed E-state index contributed by atoms with van der Waals surface area (Å²) in [5.74, 6) is -0.0489. The fraction of sp³-hybridized carbons (Fsp3) is 0.0385. The molecule has 0 bridgehead atoms. The van der Waals surface area contributed by atoms with E-state index in [1.807, 2.05) is 30.3 Å². The van der Waals surface area contributed by atoms with Crippen LogP contribution in [0.5, 0.6) is 11.5 Å². The van der Waals surface area contributed by atoms with Crippen molar-refractivity contribution < 1.29 is 19.1 Å². The smallest absolute Gasteiger partial charge is 0.343 e. The Bertz CT molecular complexity index is 1350. The molecule has 4 rings (SSSR count). The van der Waals surface area contributed by atoms with E-state index in [1.165, 1.54) is 13.3 Å². The molecule has 0 atom stereocenters. The topological polar surface area (TPSA) is 77.0 Å². The lowest BCUT2D eigenvalue weighted by atomic mass is 10.0. The summed E-state index contributed by atoms with van der Waals surface area (Å²) in [7, 11) is 1.53. The maximum Gasteiger partial charge on any atom is 0.343 e. The first kappa shape index (κ1) is 22.0. The Balaban J connectivity index is 1.61. The molecule has 33 heavy (non-hydrogen) atoms. The highest BCUT2D eigenvalue weighted by atomic mass is 35.5. The monoisotopic (exact) mass is 458 g/mol. The van der Waals surface area contributed by atoms with Crippen molar-refractivity contribution >= 4 is 40.5 Å². The van der Waals surface area contributed by atoms with Gasteiger partial charge in [0.25, 0.3) is 5.91 Å². The molecule has 6 nitrogen and oxygen atoms in total. The first-order valence-corrected chi connectivity index (χ1v) is 10.4. The fourth-order valence-electron chi connectivity index (χ4n) is 3.23. The van der Waals surface area contributed by atoms with Crippen molar-refractivity contribution in [2.24, 2.45) is 5.10 Å². The average Bonchev–Trinajstić information content (AvgIpc) is 2.85. The Hall–Kier alpha value is -4.16. The van der Waals surface area contributed by atoms with E-state index in [-0.39, 0.29) is 0 Å². The van der Waals surface area contributed by atoms with E-state index in [2.05, 4.69) is 10.5 Å². The van der Waals surface area contributed by atoms with E-state index in [4.69, 9.17) is 21.1 Å². The van der Waals surface area contributed by atoms with Crippen molar-refractivity contribution in [1.82, 2.24) is 5.43 Å². The van der Waals surface area contributed by atoms with E-state index in [0.717, 1.165) is 10.8 Å². The molecule has 0 aromatic heterocycles. The van der Waals surface area contributed by atoms with Gasteiger partial charge in [0.15, 0.2) is 0 Å². The van der Waals surface area contributed by atoms with Gasteiger partial charge in [0.2, 0.25) is 0 Å². The first-order chi connectivity index (χ1) is 16.0. The van der Waals surface area contributed by atoms with Crippen molar-refractivity contribution in [2.75, 3.05) is 7.11 Å². The SMILES string of the molecule is COc1cccc(C(=O)N/N=C/c2c(OC(=O)c3ccc(Cl)cc3)ccc3ccccc23)c1. The summed E-state index contributed by atoms with van der Waals surface area (Å²) in [4.78, 5) is 25.1. The highest BCUT2D eigenvalue weighted by Gasteiger charge is 2.14. The third-order valence-electron chi connectivity index (χ3n) is 4.90. The number of nitrogens with one attached hydrogen (secondary N) is 1. The van der Waals surface area contributed by atoms with Crippen molar-refractivity contribution in [2.45, 2.75) is 0 Å². The molecule has 7 heteroatoms. The van der Waals surface area contributed by atoms with E-state index >= 15 is 0 Å². The van der Waals surface area contributed by atoms with E-state index < -0.39 is 11.9 Å². The number of methoxy groups -OCH3 is 1. The molecule has 0 unspecified atom stereocenters. The summed E-state index contributed by atoms with van der Waals surface area (Å²) in [6, 6.07) is 24.3. The predicted molar refractivity (Wildman–Crippen MR) is 128 cm³/mol. The van der Waals surface area contributed by atoms with Crippen LogP contribution in [0.25, 0.3) is 10.8 Å². The van der Waals surface area contributed by atoms with Gasteiger partial charge in [-0.2, -0.15) is 5.10 Å². The van der Waals surface area contributed by atoms with Crippen LogP contribution in [0.1, 0.15) is 26.3 Å². The molecule has 0 aliphatic rings. The van der Waals surface area contributed by atoms with E-state index in [0.29, 0.717) is 33.2 Å². The van der Waals surface area contributed by atoms with E-state index in [1.54, 1.807) is 54.6 Å². The lowest BCUT2D eigenvalue weighted by Crippen LogP contribution is -2.17. The molecule has 164 valence electrons. The molecule has 0 aliphatic heterocycles. The highest BCUT2D eigenvalue weighted by molar-refractivity contribution is 6.30. The second-order valence-corrected chi connectivity index (χ2v) is 7.46. The van der Waals surface area contributed by atoms with Crippen LogP contribution in [-0.2, 0) is 0 Å². The summed E-state index contributed by atoms with van der Waals surface area (Å²) in [5.41, 5.74) is 3.82. The number of hydrogen-bond acceptors (Lipinski definition) is 5. The van der Waals surface area contributed by atoms with Crippen LogP contribution in [0.4, 0.5) is 0 Å². The number of esters is 1. The van der Waals surface area contributed by atoms with Gasteiger partial charge in [-0.15, -0.1) is 0 Å². The Morgan fingerprint density at radius 2 is 1.70 bits per heavy atom. The molecule has 4 aromatic rings. The second-order valence-electron chi connectivity index (χ2n) is 7.03. The first-order valence-electron chi connectivity index (χ1n) is 10.0. The minimum absolute atomic E-state index is 0.313. The van der Waals surface area contributed by atoms with Crippen molar-refractivity contribution in [3.63, 3.8) is 0 Å². The minimum Gasteiger partial charge on any atom is -0.497 e. The van der Waals surface area contributed by atoms with Crippen molar-refractivity contribution in [3.05, 3.63) is 107 Å². The van der Waals surface area contributed by atoms with Crippen LogP contribution in [0.2, 0.25) is 5.02 Å². The molecule has 0 heterocycles. The number of benzene rings is 4. The van der Waals surface area contributed by atoms with Crippen molar-refractivity contribution in [3.8, 4) is 11.5 Å². The van der Waals surface area contributed by atoms with Crippen LogP contribution in [0.15, 0.2) is 90.0 Å². The van der Waals surface area contributed by atoms with Gasteiger partial charge in [-0.1, -0.05) is 48.0 Å². The summed E-state index contributed by atoms with van der Waals surface area (Å²) >= 11 is 5.90. The normalized spacial score (nSPS) is 10.8. The lowest BCUT2D eigenvalue weighted by molar-refractivity contribution is 0.0734. The van der Waals surface area contributed by atoms with Gasteiger partial charge in [-0.25, -0.2) is 10.2 Å². The third-order valence-corrected chi connectivity index (χ3v) is 5.16. The zero-order valence-corrected chi connectivity index (χ0v) is 18.4. The summed E-state index contributed by atoms with van der Waals surface area (Å²) in [5, 5.41) is 6.38. The zero-order chi connectivity index (χ0) is 23.2. The largest absolute Gasteiger partial charge is 0.497 e. The molecule has 0 saturated heterocycles. The summed E-state index contributed by atoms with van der Waals surface area (Å²) < 4.78 is 10.8. The number of amides is 1. The number of ether oxygens (including phenoxy) is 2. The van der Waals surface area contributed by atoms with Gasteiger partial charge >= 0.3 is 5.97 Å². The van der Waals surface area contributed by atoms with E-state index in [9.17, 15) is 9.59 Å². The third kappa shape index (κ3) is 5.19. The summed E-state index contributed by atoms with van der Waals surface area (Å²) in [6.45, 7) is 0. The number of fused-ring (bicyclic) bond motifs is 1. The van der Waals surface area contributed by atoms with Gasteiger partial charge in [0.05, 0.1) is 18.9 Å². The zero-order valence-electron chi connectivity index (χ0n) is 17.6. The van der Waals surface area contributed by atoms with Crippen LogP contribution in [0.3, 0.4) is 0 Å². The molecule has 0 aliphatic carbocycles. The number of halogens is 1. The second kappa shape index (κ2) is 9.97. The molecular formula is C26H19ClN2O4. The van der Waals surface area contributed by atoms with Gasteiger partial charge in [-0.05, 0) is 59.3 Å². The maximum atomic E-state index is 12.6. The summed E-state index contributed by atoms with van der Waals surface area (Å²) in [6.07, 6.45) is 1.46. The molecule has 0 spiro atoms. The Labute approximate surface area is 195 Å². The lowest BCUT2D eigenvalue weighted by Gasteiger charge is -2.11. The standard InChI is InChI=1S/C26H19ClN2O4/c1-32-21-7-4-6-19(15-21)25(30)29-28-16-23-22-8-3-2-5-17(22)11-14-24(23)33-26(31)18-9-12-20(27)13-10-18/h2-16H,1H3,(H,29,30)/b28-16+. The Morgan fingerprint density at radius 3 is 2.48 bits per heavy atom. The van der Waals surface area contributed by atoms with Gasteiger partial charge in [-0.3, -0.25) is 4.79 Å². The maximum absolute atomic E-state index is 12.6. The van der Waals surface area contributed by atoms with Crippen LogP contribution in [0, 0.1) is 0 Å². The number of rotatable bonds is 6. The number of nitrogens with zero attached hydrogens (tertiary/aromatic N) is 1. The van der Waals surface area contributed by atoms with Crippen LogP contribution in [-0.4, -0.2) is 25.2 Å². The molecule has 0 radical (unpaired) electrons. The van der Waals surface area contributed by atoms with Gasteiger partial charge < -0.3 is 9.47 Å². The van der Waals surface area contributed by atoms with Crippen LogP contribution >= 0.6 is 11.6 Å². The average molecular weight is 459 g/mol. The number of hydrazone groups is 1. The molecule has 1 amide bonds. The Morgan fingerprint density at radius 1 is 0.909 bits per heavy atom. The molecule has 0 fully saturated rings. The van der Waals surface area contributed by atoms with Gasteiger partial charge in [0, 0.05) is 16.1 Å². The molecule has 4 aromatic carbocycles. The predicted octanol–water partition coefficient (Wildman–Crippen LogP) is 5.48. The number of carbonyl (C=O) groups is 2. The van der Waals surface area contributed by atoms with Crippen molar-refractivity contribution in [1.29, 1.82) is 0 Å². The quantitative estimate of drug-likeness (QED) is 0.179.